The van der Waals surface area contributed by atoms with Crippen LogP contribution in [0.4, 0.5) is 0 Å². The summed E-state index contributed by atoms with van der Waals surface area (Å²) in [5, 5.41) is 9.77. The Hall–Kier alpha value is -1.40. The fraction of sp³-hybridized carbons (Fsp3) is 0.692. The zero-order chi connectivity index (χ0) is 14.4. The summed E-state index contributed by atoms with van der Waals surface area (Å²) >= 11 is 0. The second kappa shape index (κ2) is 7.25. The molecule has 0 bridgehead atoms. The number of hydrogen-bond acceptors (Lipinski definition) is 4. The number of amides is 1. The monoisotopic (exact) mass is 268 g/mol. The lowest BCUT2D eigenvalue weighted by atomic mass is 9.98. The molecule has 1 aromatic rings. The fourth-order valence-corrected chi connectivity index (χ4v) is 1.92. The van der Waals surface area contributed by atoms with Crippen LogP contribution in [0.3, 0.4) is 0 Å². The van der Waals surface area contributed by atoms with Crippen LogP contribution in [0.15, 0.2) is 12.5 Å². The van der Waals surface area contributed by atoms with Gasteiger partial charge in [0.1, 0.15) is 0 Å². The summed E-state index contributed by atoms with van der Waals surface area (Å²) in [6.07, 6.45) is 3.84. The standard InChI is InChI=1S/C13H24N4O2/c1-10(12(18)6-13(14)19)4-5-16(2)8-11-7-15-9-17(11)3/h7,9-10,12,18H,4-6,8H2,1-3H3,(H2,14,19)/t10-,12+/m1/s1. The number of imidazole rings is 1. The minimum atomic E-state index is -0.650. The van der Waals surface area contributed by atoms with Crippen LogP contribution in [-0.4, -0.2) is 45.2 Å². The highest BCUT2D eigenvalue weighted by Gasteiger charge is 2.17. The number of nitrogens with two attached hydrogens (primary N) is 1. The van der Waals surface area contributed by atoms with E-state index in [9.17, 15) is 9.90 Å². The van der Waals surface area contributed by atoms with E-state index in [1.54, 1.807) is 6.33 Å². The van der Waals surface area contributed by atoms with Gasteiger partial charge in [0, 0.05) is 19.8 Å². The molecule has 108 valence electrons. The van der Waals surface area contributed by atoms with Crippen LogP contribution >= 0.6 is 0 Å². The third-order valence-corrected chi connectivity index (χ3v) is 3.38. The summed E-state index contributed by atoms with van der Waals surface area (Å²) in [4.78, 5) is 17.0. The van der Waals surface area contributed by atoms with Gasteiger partial charge in [-0.25, -0.2) is 4.98 Å². The first-order valence-corrected chi connectivity index (χ1v) is 6.50. The van der Waals surface area contributed by atoms with Crippen LogP contribution in [-0.2, 0) is 18.4 Å². The van der Waals surface area contributed by atoms with Crippen molar-refractivity contribution in [3.63, 3.8) is 0 Å². The molecule has 0 aliphatic rings. The van der Waals surface area contributed by atoms with Gasteiger partial charge in [0.15, 0.2) is 0 Å². The summed E-state index contributed by atoms with van der Waals surface area (Å²) in [7, 11) is 4.00. The van der Waals surface area contributed by atoms with Gasteiger partial charge in [-0.05, 0) is 25.9 Å². The molecule has 1 heterocycles. The number of rotatable bonds is 8. The number of hydrogen-bond donors (Lipinski definition) is 2. The van der Waals surface area contributed by atoms with Crippen LogP contribution in [0.1, 0.15) is 25.5 Å². The van der Waals surface area contributed by atoms with E-state index in [1.807, 2.05) is 31.8 Å². The maximum Gasteiger partial charge on any atom is 0.220 e. The van der Waals surface area contributed by atoms with Crippen LogP contribution in [0, 0.1) is 5.92 Å². The molecule has 1 rings (SSSR count). The molecule has 0 fully saturated rings. The van der Waals surface area contributed by atoms with Gasteiger partial charge in [0.25, 0.3) is 0 Å². The van der Waals surface area contributed by atoms with Crippen molar-refractivity contribution in [1.29, 1.82) is 0 Å². The highest BCUT2D eigenvalue weighted by atomic mass is 16.3. The first kappa shape index (κ1) is 15.7. The van der Waals surface area contributed by atoms with E-state index >= 15 is 0 Å². The summed E-state index contributed by atoms with van der Waals surface area (Å²) in [5.74, 6) is -0.399. The maximum absolute atomic E-state index is 10.7. The van der Waals surface area contributed by atoms with Gasteiger partial charge in [-0.15, -0.1) is 0 Å². The molecule has 0 aromatic carbocycles. The third kappa shape index (κ3) is 5.40. The largest absolute Gasteiger partial charge is 0.392 e. The molecule has 1 amide bonds. The van der Waals surface area contributed by atoms with Gasteiger partial charge in [-0.2, -0.15) is 0 Å². The predicted molar refractivity (Wildman–Crippen MR) is 73.1 cm³/mol. The Balaban J connectivity index is 2.31. The van der Waals surface area contributed by atoms with Crippen molar-refractivity contribution in [3.8, 4) is 0 Å². The molecule has 0 spiro atoms. The quantitative estimate of drug-likeness (QED) is 0.701. The predicted octanol–water partition coefficient (Wildman–Crippen LogP) is 0.114. The van der Waals surface area contributed by atoms with Gasteiger partial charge < -0.3 is 20.3 Å². The normalized spacial score (nSPS) is 14.6. The molecule has 0 saturated heterocycles. The fourth-order valence-electron chi connectivity index (χ4n) is 1.92. The van der Waals surface area contributed by atoms with E-state index < -0.39 is 12.0 Å². The Morgan fingerprint density at radius 3 is 2.84 bits per heavy atom. The number of nitrogens with zero attached hydrogens (tertiary/aromatic N) is 3. The lowest BCUT2D eigenvalue weighted by Crippen LogP contribution is -2.29. The van der Waals surface area contributed by atoms with E-state index in [4.69, 9.17) is 5.73 Å². The van der Waals surface area contributed by atoms with Crippen LogP contribution in [0.25, 0.3) is 0 Å². The first-order chi connectivity index (χ1) is 8.90. The number of carbonyl (C=O) groups excluding carboxylic acids is 1. The van der Waals surface area contributed by atoms with Crippen LogP contribution in [0.5, 0.6) is 0 Å². The number of aromatic nitrogens is 2. The lowest BCUT2D eigenvalue weighted by molar-refractivity contribution is -0.120. The third-order valence-electron chi connectivity index (χ3n) is 3.38. The molecular weight excluding hydrogens is 244 g/mol. The van der Waals surface area contributed by atoms with Crippen LogP contribution in [0.2, 0.25) is 0 Å². The Morgan fingerprint density at radius 1 is 1.63 bits per heavy atom. The minimum Gasteiger partial charge on any atom is -0.392 e. The molecule has 3 N–H and O–H groups in total. The highest BCUT2D eigenvalue weighted by Crippen LogP contribution is 2.12. The lowest BCUT2D eigenvalue weighted by Gasteiger charge is -2.22. The number of aliphatic hydroxyl groups is 1. The molecular formula is C13H24N4O2. The van der Waals surface area contributed by atoms with Crippen molar-refractivity contribution in [2.24, 2.45) is 18.7 Å². The molecule has 1 aromatic heterocycles. The highest BCUT2D eigenvalue weighted by molar-refractivity contribution is 5.74. The average Bonchev–Trinajstić information content (AvgIpc) is 2.71. The smallest absolute Gasteiger partial charge is 0.220 e. The second-order valence-corrected chi connectivity index (χ2v) is 5.24. The van der Waals surface area contributed by atoms with E-state index in [0.717, 1.165) is 25.2 Å². The van der Waals surface area contributed by atoms with Crippen LogP contribution < -0.4 is 5.73 Å². The summed E-state index contributed by atoms with van der Waals surface area (Å²) in [5.41, 5.74) is 6.22. The first-order valence-electron chi connectivity index (χ1n) is 6.50. The molecule has 6 nitrogen and oxygen atoms in total. The molecule has 0 saturated carbocycles. The molecule has 0 aliphatic carbocycles. The van der Waals surface area contributed by atoms with Crippen molar-refractivity contribution < 1.29 is 9.90 Å². The summed E-state index contributed by atoms with van der Waals surface area (Å²) in [6.45, 7) is 3.60. The number of primary amides is 1. The van der Waals surface area contributed by atoms with Crippen molar-refractivity contribution >= 4 is 5.91 Å². The SMILES string of the molecule is C[C@H](CCN(C)Cc1cncn1C)[C@@H](O)CC(N)=O. The summed E-state index contributed by atoms with van der Waals surface area (Å²) < 4.78 is 1.99. The molecule has 2 atom stereocenters. The van der Waals surface area contributed by atoms with Crippen molar-refractivity contribution in [2.75, 3.05) is 13.6 Å². The van der Waals surface area contributed by atoms with Gasteiger partial charge in [0.05, 0.1) is 24.5 Å². The average molecular weight is 268 g/mol. The molecule has 0 radical (unpaired) electrons. The summed E-state index contributed by atoms with van der Waals surface area (Å²) in [6, 6.07) is 0. The molecule has 0 unspecified atom stereocenters. The van der Waals surface area contributed by atoms with E-state index in [-0.39, 0.29) is 12.3 Å². The van der Waals surface area contributed by atoms with Crippen molar-refractivity contribution in [3.05, 3.63) is 18.2 Å². The number of aryl methyl sites for hydroxylation is 1. The molecule has 0 aliphatic heterocycles. The zero-order valence-electron chi connectivity index (χ0n) is 11.9. The Bertz CT molecular complexity index is 405. The van der Waals surface area contributed by atoms with Gasteiger partial charge >= 0.3 is 0 Å². The van der Waals surface area contributed by atoms with Gasteiger partial charge in [-0.1, -0.05) is 6.92 Å². The van der Waals surface area contributed by atoms with Gasteiger partial charge in [0.2, 0.25) is 5.91 Å². The van der Waals surface area contributed by atoms with E-state index in [1.165, 1.54) is 0 Å². The number of carbonyl (C=O) groups is 1. The second-order valence-electron chi connectivity index (χ2n) is 5.24. The Morgan fingerprint density at radius 2 is 2.32 bits per heavy atom. The Kier molecular flexibility index (Phi) is 5.98. The van der Waals surface area contributed by atoms with E-state index in [2.05, 4.69) is 9.88 Å². The number of aliphatic hydroxyl groups excluding tert-OH is 1. The van der Waals surface area contributed by atoms with E-state index in [0.29, 0.717) is 0 Å². The van der Waals surface area contributed by atoms with Gasteiger partial charge in [-0.3, -0.25) is 4.79 Å². The van der Waals surface area contributed by atoms with Crippen molar-refractivity contribution in [2.45, 2.75) is 32.4 Å². The topological polar surface area (TPSA) is 84.4 Å². The molecule has 6 heteroatoms. The maximum atomic E-state index is 10.7. The van der Waals surface area contributed by atoms with Crippen molar-refractivity contribution in [1.82, 2.24) is 14.5 Å². The zero-order valence-corrected chi connectivity index (χ0v) is 11.9. The Labute approximate surface area is 114 Å². The minimum absolute atomic E-state index is 0.0343. The molecule has 19 heavy (non-hydrogen) atoms.